The molecule has 5 rings (SSSR count). The Labute approximate surface area is 212 Å². The van der Waals surface area contributed by atoms with Gasteiger partial charge in [-0.2, -0.15) is 4.37 Å². The van der Waals surface area contributed by atoms with Gasteiger partial charge in [-0.05, 0) is 67.8 Å². The Morgan fingerprint density at radius 3 is 2.47 bits per heavy atom. The highest BCUT2D eigenvalue weighted by Crippen LogP contribution is 2.25. The number of aryl methyl sites for hydroxylation is 1. The molecule has 1 aliphatic heterocycles. The fraction of sp³-hybridized carbons (Fsp3) is 0.292. The first kappa shape index (κ1) is 24.2. The summed E-state index contributed by atoms with van der Waals surface area (Å²) < 4.78 is 47.2. The Bertz CT molecular complexity index is 1510. The summed E-state index contributed by atoms with van der Waals surface area (Å²) in [6.07, 6.45) is 1.82. The Balaban J connectivity index is 1.21. The van der Waals surface area contributed by atoms with Crippen LogP contribution in [0.15, 0.2) is 59.6 Å². The molecule has 9 nitrogen and oxygen atoms in total. The SMILES string of the molecule is Cc1nsc(NS(=O)(=O)c2ccc(N3CCN(C(=O)[C@@H](C)n4ccc5ccc(F)cc54)CC3)cc2)n1. The van der Waals surface area contributed by atoms with Crippen molar-refractivity contribution in [3.8, 4) is 0 Å². The van der Waals surface area contributed by atoms with Gasteiger partial charge in [-0.3, -0.25) is 9.52 Å². The minimum Gasteiger partial charge on any atom is -0.368 e. The lowest BCUT2D eigenvalue weighted by Gasteiger charge is -2.37. The van der Waals surface area contributed by atoms with Crippen molar-refractivity contribution in [2.75, 3.05) is 35.8 Å². The lowest BCUT2D eigenvalue weighted by molar-refractivity contribution is -0.134. The molecule has 0 aliphatic carbocycles. The number of anilines is 2. The van der Waals surface area contributed by atoms with Crippen molar-refractivity contribution < 1.29 is 17.6 Å². The maximum Gasteiger partial charge on any atom is 0.263 e. The lowest BCUT2D eigenvalue weighted by atomic mass is 10.2. The third-order valence-corrected chi connectivity index (χ3v) is 8.52. The number of hydrogen-bond acceptors (Lipinski definition) is 7. The number of carbonyl (C=O) groups excluding carboxylic acids is 1. The first-order valence-electron chi connectivity index (χ1n) is 11.4. The number of piperazine rings is 1. The van der Waals surface area contributed by atoms with Crippen LogP contribution in [0.3, 0.4) is 0 Å². The summed E-state index contributed by atoms with van der Waals surface area (Å²) in [5, 5.41) is 1.12. The maximum absolute atomic E-state index is 13.8. The van der Waals surface area contributed by atoms with Crippen molar-refractivity contribution in [2.45, 2.75) is 24.8 Å². The van der Waals surface area contributed by atoms with Crippen molar-refractivity contribution in [1.29, 1.82) is 0 Å². The predicted octanol–water partition coefficient (Wildman–Crippen LogP) is 3.65. The van der Waals surface area contributed by atoms with Crippen molar-refractivity contribution >= 4 is 49.2 Å². The monoisotopic (exact) mass is 528 g/mol. The summed E-state index contributed by atoms with van der Waals surface area (Å²) in [6.45, 7) is 5.83. The van der Waals surface area contributed by atoms with E-state index in [1.807, 2.05) is 28.7 Å². The Morgan fingerprint density at radius 1 is 1.08 bits per heavy atom. The molecule has 1 N–H and O–H groups in total. The number of aromatic nitrogens is 3. The van der Waals surface area contributed by atoms with E-state index >= 15 is 0 Å². The van der Waals surface area contributed by atoms with Gasteiger partial charge in [0.05, 0.1) is 10.4 Å². The van der Waals surface area contributed by atoms with Gasteiger partial charge >= 0.3 is 0 Å². The number of nitrogens with zero attached hydrogens (tertiary/aromatic N) is 5. The Kier molecular flexibility index (Phi) is 6.39. The molecular formula is C24H25FN6O3S2. The van der Waals surface area contributed by atoms with Gasteiger partial charge in [0.2, 0.25) is 11.0 Å². The van der Waals surface area contributed by atoms with Crippen LogP contribution >= 0.6 is 11.5 Å². The maximum atomic E-state index is 13.8. The van der Waals surface area contributed by atoms with Crippen LogP contribution in [0.4, 0.5) is 15.2 Å². The Morgan fingerprint density at radius 2 is 1.81 bits per heavy atom. The molecule has 188 valence electrons. The van der Waals surface area contributed by atoms with E-state index in [0.717, 1.165) is 22.6 Å². The van der Waals surface area contributed by atoms with Gasteiger partial charge in [-0.25, -0.2) is 17.8 Å². The molecule has 0 saturated carbocycles. The zero-order valence-electron chi connectivity index (χ0n) is 19.8. The molecule has 1 atom stereocenters. The number of fused-ring (bicyclic) bond motifs is 1. The molecule has 0 unspecified atom stereocenters. The fourth-order valence-corrected chi connectivity index (χ4v) is 6.18. The summed E-state index contributed by atoms with van der Waals surface area (Å²) >= 11 is 0.991. The van der Waals surface area contributed by atoms with E-state index in [9.17, 15) is 17.6 Å². The van der Waals surface area contributed by atoms with Crippen LogP contribution in [0.2, 0.25) is 0 Å². The molecule has 3 heterocycles. The van der Waals surface area contributed by atoms with Crippen LogP contribution in [0.5, 0.6) is 0 Å². The molecule has 0 spiro atoms. The van der Waals surface area contributed by atoms with Gasteiger partial charge in [0, 0.05) is 49.6 Å². The van der Waals surface area contributed by atoms with Crippen LogP contribution < -0.4 is 9.62 Å². The molecule has 4 aromatic rings. The van der Waals surface area contributed by atoms with E-state index in [4.69, 9.17) is 0 Å². The second kappa shape index (κ2) is 9.51. The number of amides is 1. The molecule has 0 bridgehead atoms. The molecular weight excluding hydrogens is 503 g/mol. The third-order valence-electron chi connectivity index (χ3n) is 6.31. The van der Waals surface area contributed by atoms with Gasteiger partial charge in [-0.1, -0.05) is 0 Å². The van der Waals surface area contributed by atoms with Crippen LogP contribution in [0, 0.1) is 12.7 Å². The van der Waals surface area contributed by atoms with Crippen molar-refractivity contribution in [1.82, 2.24) is 18.8 Å². The standard InChI is InChI=1S/C24H25FN6O3S2/c1-16(31-10-9-18-3-4-19(25)15-22(18)31)23(32)30-13-11-29(12-14-30)20-5-7-21(8-6-20)36(33,34)28-24-26-17(2)27-35-24/h3-10,15-16H,11-14H2,1-2H3,(H,26,27,28)/t16-/m1/s1. The molecule has 0 radical (unpaired) electrons. The third kappa shape index (κ3) is 4.78. The highest BCUT2D eigenvalue weighted by molar-refractivity contribution is 7.93. The van der Waals surface area contributed by atoms with Gasteiger partial charge in [0.15, 0.2) is 0 Å². The first-order chi connectivity index (χ1) is 17.2. The normalized spacial score (nSPS) is 15.3. The van der Waals surface area contributed by atoms with Crippen LogP contribution in [-0.2, 0) is 14.8 Å². The molecule has 36 heavy (non-hydrogen) atoms. The molecule has 1 aliphatic rings. The van der Waals surface area contributed by atoms with Crippen molar-refractivity contribution in [3.05, 3.63) is 66.4 Å². The van der Waals surface area contributed by atoms with Crippen LogP contribution in [0.25, 0.3) is 10.9 Å². The second-order valence-corrected chi connectivity index (χ2v) is 11.1. The number of rotatable bonds is 6. The summed E-state index contributed by atoms with van der Waals surface area (Å²) in [6, 6.07) is 12.6. The molecule has 1 amide bonds. The topological polar surface area (TPSA) is 100 Å². The summed E-state index contributed by atoms with van der Waals surface area (Å²) in [7, 11) is -3.76. The minimum atomic E-state index is -3.76. The summed E-state index contributed by atoms with van der Waals surface area (Å²) in [5.41, 5.74) is 1.58. The smallest absolute Gasteiger partial charge is 0.263 e. The molecule has 2 aromatic carbocycles. The van der Waals surface area contributed by atoms with E-state index in [1.165, 1.54) is 12.1 Å². The number of nitrogens with one attached hydrogen (secondary N) is 1. The van der Waals surface area contributed by atoms with Gasteiger partial charge in [0.25, 0.3) is 10.0 Å². The zero-order valence-corrected chi connectivity index (χ0v) is 21.4. The summed E-state index contributed by atoms with van der Waals surface area (Å²) in [4.78, 5) is 21.3. The van der Waals surface area contributed by atoms with Crippen LogP contribution in [0.1, 0.15) is 18.8 Å². The number of hydrogen-bond donors (Lipinski definition) is 1. The van der Waals surface area contributed by atoms with E-state index < -0.39 is 16.1 Å². The van der Waals surface area contributed by atoms with E-state index in [1.54, 1.807) is 37.3 Å². The van der Waals surface area contributed by atoms with Crippen LogP contribution in [-0.4, -0.2) is 59.3 Å². The highest BCUT2D eigenvalue weighted by atomic mass is 32.2. The quantitative estimate of drug-likeness (QED) is 0.410. The minimum absolute atomic E-state index is 0.0177. The average molecular weight is 529 g/mol. The van der Waals surface area contributed by atoms with Crippen molar-refractivity contribution in [2.24, 2.45) is 0 Å². The van der Waals surface area contributed by atoms with Gasteiger partial charge < -0.3 is 14.4 Å². The Hall–Kier alpha value is -3.51. The average Bonchev–Trinajstić information content (AvgIpc) is 3.48. The highest BCUT2D eigenvalue weighted by Gasteiger charge is 2.27. The van der Waals surface area contributed by atoms with E-state index in [0.29, 0.717) is 37.5 Å². The number of benzene rings is 2. The predicted molar refractivity (Wildman–Crippen MR) is 137 cm³/mol. The number of sulfonamides is 1. The summed E-state index contributed by atoms with van der Waals surface area (Å²) in [5.74, 6) is 0.159. The van der Waals surface area contributed by atoms with Crippen molar-refractivity contribution in [3.63, 3.8) is 0 Å². The number of carbonyl (C=O) groups is 1. The first-order valence-corrected chi connectivity index (χ1v) is 13.7. The molecule has 1 fully saturated rings. The fourth-order valence-electron chi connectivity index (χ4n) is 4.38. The van der Waals surface area contributed by atoms with E-state index in [2.05, 4.69) is 19.0 Å². The zero-order chi connectivity index (χ0) is 25.4. The molecule has 2 aromatic heterocycles. The second-order valence-electron chi connectivity index (χ2n) is 8.66. The largest absolute Gasteiger partial charge is 0.368 e. The lowest BCUT2D eigenvalue weighted by Crippen LogP contribution is -2.50. The molecule has 1 saturated heterocycles. The number of halogens is 1. The van der Waals surface area contributed by atoms with E-state index in [-0.39, 0.29) is 21.8 Å². The van der Waals surface area contributed by atoms with Gasteiger partial charge in [-0.15, -0.1) is 0 Å². The van der Waals surface area contributed by atoms with Gasteiger partial charge in [0.1, 0.15) is 17.7 Å². The molecule has 12 heteroatoms.